The molecule has 4 aromatic rings. The van der Waals surface area contributed by atoms with E-state index in [-0.39, 0.29) is 17.6 Å². The number of halogens is 2. The zero-order valence-corrected chi connectivity index (χ0v) is 22.1. The molecule has 2 aromatic heterocycles. The fraction of sp³-hybridized carbons (Fsp3) is 0.333. The van der Waals surface area contributed by atoms with Gasteiger partial charge in [0.2, 0.25) is 0 Å². The summed E-state index contributed by atoms with van der Waals surface area (Å²) in [6, 6.07) is 17.9. The lowest BCUT2D eigenvalue weighted by molar-refractivity contribution is 0.0951. The molecule has 0 fully saturated rings. The van der Waals surface area contributed by atoms with Crippen molar-refractivity contribution < 1.29 is 18.3 Å². The van der Waals surface area contributed by atoms with Crippen LogP contribution < -0.4 is 10.1 Å². The van der Waals surface area contributed by atoms with E-state index in [0.717, 1.165) is 33.6 Å². The number of carbonyl (C=O) groups is 1. The topological polar surface area (TPSA) is 56.1 Å². The maximum absolute atomic E-state index is 13.5. The van der Waals surface area contributed by atoms with Crippen LogP contribution in [0.25, 0.3) is 10.9 Å². The summed E-state index contributed by atoms with van der Waals surface area (Å²) in [5.41, 5.74) is 4.30. The lowest BCUT2D eigenvalue weighted by Gasteiger charge is -2.15. The first-order valence-corrected chi connectivity index (χ1v) is 12.4. The number of fused-ring (bicyclic) bond motifs is 1. The summed E-state index contributed by atoms with van der Waals surface area (Å²) in [4.78, 5) is 18.1. The van der Waals surface area contributed by atoms with Crippen LogP contribution in [0.1, 0.15) is 60.9 Å². The van der Waals surface area contributed by atoms with E-state index in [1.807, 2.05) is 36.4 Å². The van der Waals surface area contributed by atoms with E-state index < -0.39 is 0 Å². The summed E-state index contributed by atoms with van der Waals surface area (Å²) in [6.45, 7) is 9.90. The normalized spacial score (nSPS) is 10.9. The van der Waals surface area contributed by atoms with E-state index in [4.69, 9.17) is 4.74 Å². The quantitative estimate of drug-likeness (QED) is 0.268. The van der Waals surface area contributed by atoms with Crippen LogP contribution in [0.3, 0.4) is 0 Å². The van der Waals surface area contributed by atoms with E-state index in [0.29, 0.717) is 38.4 Å². The zero-order chi connectivity index (χ0) is 26.9. The monoisotopic (exact) mass is 507 g/mol. The highest BCUT2D eigenvalue weighted by Gasteiger charge is 2.25. The molecule has 0 aliphatic carbocycles. The van der Waals surface area contributed by atoms with Gasteiger partial charge in [0.15, 0.2) is 0 Å². The zero-order valence-electron chi connectivity index (χ0n) is 22.1. The maximum Gasteiger partial charge on any atom is 0.254 e. The number of carbonyl (C=O) groups excluding carboxylic acids is 1. The molecule has 0 radical (unpaired) electrons. The van der Waals surface area contributed by atoms with Crippen LogP contribution in [-0.2, 0) is 13.1 Å². The molecule has 196 valence electrons. The molecule has 4 rings (SSSR count). The molecule has 0 unspecified atom stereocenters. The van der Waals surface area contributed by atoms with Crippen molar-refractivity contribution in [3.8, 4) is 5.75 Å². The predicted molar refractivity (Wildman–Crippen MR) is 144 cm³/mol. The van der Waals surface area contributed by atoms with Gasteiger partial charge in [-0.15, -0.1) is 0 Å². The number of nitrogens with zero attached hydrogens (tertiary/aromatic N) is 2. The molecule has 5 nitrogen and oxygen atoms in total. The number of pyridine rings is 1. The van der Waals surface area contributed by atoms with Gasteiger partial charge in [-0.3, -0.25) is 14.2 Å². The lowest BCUT2D eigenvalue weighted by atomic mass is 10.0. The predicted octanol–water partition coefficient (Wildman–Crippen LogP) is 6.90. The standard InChI is InChI=1S/C29H32FN3O2.CH3F/c1-19(2)18-35-24-12-13-25-26(15-24)33(17-23-7-5-6-14-31-23)28(20(3)4)27(25)29(34)32-16-21-8-10-22(30)11-9-21;1-2/h5-15,19-20H,16-18H2,1-4H3,(H,32,34);1H3. The summed E-state index contributed by atoms with van der Waals surface area (Å²) >= 11 is 0. The Kier molecular flexibility index (Phi) is 9.78. The van der Waals surface area contributed by atoms with Gasteiger partial charge in [0.1, 0.15) is 11.6 Å². The molecule has 2 heterocycles. The Balaban J connectivity index is 0.00000186. The number of hydrogen-bond acceptors (Lipinski definition) is 3. The molecule has 2 aromatic carbocycles. The van der Waals surface area contributed by atoms with Crippen molar-refractivity contribution in [1.29, 1.82) is 0 Å². The summed E-state index contributed by atoms with van der Waals surface area (Å²) in [5, 5.41) is 3.91. The van der Waals surface area contributed by atoms with Crippen molar-refractivity contribution >= 4 is 16.8 Å². The number of alkyl halides is 1. The highest BCUT2D eigenvalue weighted by atomic mass is 19.1. The highest BCUT2D eigenvalue weighted by Crippen LogP contribution is 2.34. The summed E-state index contributed by atoms with van der Waals surface area (Å²) in [7, 11) is 0.500. The molecule has 7 heteroatoms. The van der Waals surface area contributed by atoms with Crippen LogP contribution in [0.4, 0.5) is 8.78 Å². The van der Waals surface area contributed by atoms with Crippen molar-refractivity contribution in [2.75, 3.05) is 13.8 Å². The number of hydrogen-bond donors (Lipinski definition) is 1. The molecule has 1 amide bonds. The van der Waals surface area contributed by atoms with Gasteiger partial charge < -0.3 is 14.6 Å². The van der Waals surface area contributed by atoms with Gasteiger partial charge in [-0.1, -0.05) is 45.9 Å². The average molecular weight is 508 g/mol. The van der Waals surface area contributed by atoms with Crippen molar-refractivity contribution in [2.45, 2.75) is 46.7 Å². The third kappa shape index (κ3) is 6.94. The van der Waals surface area contributed by atoms with Crippen LogP contribution in [0.5, 0.6) is 5.75 Å². The number of ether oxygens (including phenoxy) is 1. The lowest BCUT2D eigenvalue weighted by Crippen LogP contribution is -2.24. The molecule has 0 atom stereocenters. The Hall–Kier alpha value is -3.74. The Morgan fingerprint density at radius 1 is 1.03 bits per heavy atom. The number of nitrogens with one attached hydrogen (secondary N) is 1. The Labute approximate surface area is 217 Å². The third-order valence-corrected chi connectivity index (χ3v) is 5.85. The molecule has 0 spiro atoms. The van der Waals surface area contributed by atoms with Gasteiger partial charge in [0.25, 0.3) is 5.91 Å². The van der Waals surface area contributed by atoms with E-state index >= 15 is 0 Å². The van der Waals surface area contributed by atoms with Crippen LogP contribution in [0.15, 0.2) is 66.9 Å². The first-order chi connectivity index (χ1) is 17.8. The van der Waals surface area contributed by atoms with Crippen LogP contribution in [-0.4, -0.2) is 29.2 Å². The van der Waals surface area contributed by atoms with Gasteiger partial charge in [0.05, 0.1) is 37.1 Å². The highest BCUT2D eigenvalue weighted by molar-refractivity contribution is 6.09. The first-order valence-electron chi connectivity index (χ1n) is 12.4. The van der Waals surface area contributed by atoms with Crippen molar-refractivity contribution in [3.63, 3.8) is 0 Å². The molecular weight excluding hydrogens is 472 g/mol. The van der Waals surface area contributed by atoms with E-state index in [9.17, 15) is 13.6 Å². The van der Waals surface area contributed by atoms with Crippen molar-refractivity contribution in [1.82, 2.24) is 14.9 Å². The molecule has 0 aliphatic heterocycles. The van der Waals surface area contributed by atoms with Crippen molar-refractivity contribution in [3.05, 3.63) is 95.2 Å². The minimum atomic E-state index is -0.296. The fourth-order valence-corrected chi connectivity index (χ4v) is 4.24. The maximum atomic E-state index is 13.5. The Bertz CT molecular complexity index is 1300. The van der Waals surface area contributed by atoms with Gasteiger partial charge >= 0.3 is 0 Å². The van der Waals surface area contributed by atoms with Crippen LogP contribution >= 0.6 is 0 Å². The fourth-order valence-electron chi connectivity index (χ4n) is 4.24. The third-order valence-electron chi connectivity index (χ3n) is 5.85. The largest absolute Gasteiger partial charge is 0.493 e. The SMILES string of the molecule is CC(C)COc1ccc2c(C(=O)NCc3ccc(F)cc3)c(C(C)C)n(Cc3ccccn3)c2c1.CF. The van der Waals surface area contributed by atoms with Gasteiger partial charge in [-0.05, 0) is 53.8 Å². The summed E-state index contributed by atoms with van der Waals surface area (Å²) < 4.78 is 31.0. The molecule has 0 bridgehead atoms. The summed E-state index contributed by atoms with van der Waals surface area (Å²) in [5.74, 6) is 0.830. The molecule has 0 aliphatic rings. The number of amides is 1. The molecule has 37 heavy (non-hydrogen) atoms. The van der Waals surface area contributed by atoms with Gasteiger partial charge in [-0.2, -0.15) is 0 Å². The Morgan fingerprint density at radius 3 is 2.38 bits per heavy atom. The number of rotatable bonds is 9. The second kappa shape index (κ2) is 13.0. The van der Waals surface area contributed by atoms with Crippen molar-refractivity contribution in [2.24, 2.45) is 5.92 Å². The van der Waals surface area contributed by atoms with E-state index in [1.165, 1.54) is 12.1 Å². The molecule has 1 N–H and O–H groups in total. The Morgan fingerprint density at radius 2 is 1.76 bits per heavy atom. The summed E-state index contributed by atoms with van der Waals surface area (Å²) in [6.07, 6.45) is 1.78. The smallest absolute Gasteiger partial charge is 0.254 e. The number of aromatic nitrogens is 2. The second-order valence-corrected chi connectivity index (χ2v) is 9.52. The van der Waals surface area contributed by atoms with Crippen LogP contribution in [0, 0.1) is 11.7 Å². The molecule has 0 saturated heterocycles. The average Bonchev–Trinajstić information content (AvgIpc) is 3.22. The van der Waals surface area contributed by atoms with Gasteiger partial charge in [-0.25, -0.2) is 4.39 Å². The van der Waals surface area contributed by atoms with E-state index in [1.54, 1.807) is 18.3 Å². The molecule has 0 saturated carbocycles. The number of benzene rings is 2. The second-order valence-electron chi connectivity index (χ2n) is 9.52. The first kappa shape index (κ1) is 27.8. The van der Waals surface area contributed by atoms with Crippen LogP contribution in [0.2, 0.25) is 0 Å². The van der Waals surface area contributed by atoms with Gasteiger partial charge in [0, 0.05) is 29.9 Å². The van der Waals surface area contributed by atoms with E-state index in [2.05, 4.69) is 42.6 Å². The minimum Gasteiger partial charge on any atom is -0.493 e. The minimum absolute atomic E-state index is 0.0951. The molecular formula is C30H35F2N3O2.